The van der Waals surface area contributed by atoms with Crippen molar-refractivity contribution in [2.24, 2.45) is 0 Å². The van der Waals surface area contributed by atoms with E-state index < -0.39 is 6.10 Å². The maximum absolute atomic E-state index is 11.7. The van der Waals surface area contributed by atoms with E-state index in [2.05, 4.69) is 15.6 Å². The molecule has 2 aromatic rings. The van der Waals surface area contributed by atoms with Gasteiger partial charge in [0.2, 0.25) is 0 Å². The maximum Gasteiger partial charge on any atom is 0.314 e. The highest BCUT2D eigenvalue weighted by Gasteiger charge is 2.11. The Bertz CT molecular complexity index is 602. The minimum Gasteiger partial charge on any atom is -0.387 e. The molecule has 5 heteroatoms. The second-order valence-electron chi connectivity index (χ2n) is 5.08. The fourth-order valence-corrected chi connectivity index (χ4v) is 2.17. The van der Waals surface area contributed by atoms with Crippen LogP contribution in [0.2, 0.25) is 0 Å². The van der Waals surface area contributed by atoms with Crippen LogP contribution in [0.4, 0.5) is 4.79 Å². The van der Waals surface area contributed by atoms with Crippen molar-refractivity contribution < 1.29 is 9.90 Å². The van der Waals surface area contributed by atoms with Gasteiger partial charge in [-0.1, -0.05) is 30.3 Å². The number of carbonyl (C=O) groups excluding carboxylic acids is 1. The molecule has 2 amide bonds. The van der Waals surface area contributed by atoms with Crippen LogP contribution in [-0.2, 0) is 6.42 Å². The van der Waals surface area contributed by atoms with E-state index in [4.69, 9.17) is 0 Å². The molecule has 1 heterocycles. The first-order valence-corrected chi connectivity index (χ1v) is 7.32. The third-order valence-electron chi connectivity index (χ3n) is 3.40. The van der Waals surface area contributed by atoms with E-state index in [1.165, 1.54) is 0 Å². The van der Waals surface area contributed by atoms with Crippen LogP contribution in [0.25, 0.3) is 0 Å². The van der Waals surface area contributed by atoms with Crippen molar-refractivity contribution in [3.8, 4) is 0 Å². The zero-order valence-electron chi connectivity index (χ0n) is 12.6. The first-order chi connectivity index (χ1) is 10.7. The largest absolute Gasteiger partial charge is 0.387 e. The molecule has 0 spiro atoms. The number of aryl methyl sites for hydroxylation is 1. The van der Waals surface area contributed by atoms with E-state index in [0.717, 1.165) is 16.8 Å². The zero-order chi connectivity index (χ0) is 15.8. The normalized spacial score (nSPS) is 11.7. The van der Waals surface area contributed by atoms with Crippen molar-refractivity contribution in [3.63, 3.8) is 0 Å². The summed E-state index contributed by atoms with van der Waals surface area (Å²) in [4.78, 5) is 15.9. The molecule has 0 aliphatic heterocycles. The van der Waals surface area contributed by atoms with Gasteiger partial charge in [-0.3, -0.25) is 4.98 Å². The number of carbonyl (C=O) groups is 1. The van der Waals surface area contributed by atoms with Crippen LogP contribution >= 0.6 is 0 Å². The lowest BCUT2D eigenvalue weighted by atomic mass is 10.0. The van der Waals surface area contributed by atoms with Crippen LogP contribution in [0, 0.1) is 6.92 Å². The van der Waals surface area contributed by atoms with Crippen molar-refractivity contribution in [1.82, 2.24) is 15.6 Å². The van der Waals surface area contributed by atoms with Gasteiger partial charge >= 0.3 is 6.03 Å². The third-order valence-corrected chi connectivity index (χ3v) is 3.40. The number of rotatable bonds is 6. The van der Waals surface area contributed by atoms with Crippen molar-refractivity contribution >= 4 is 6.03 Å². The molecule has 0 radical (unpaired) electrons. The quantitative estimate of drug-likeness (QED) is 0.763. The number of aliphatic hydroxyl groups is 1. The smallest absolute Gasteiger partial charge is 0.314 e. The minimum atomic E-state index is -0.706. The Morgan fingerprint density at radius 2 is 1.95 bits per heavy atom. The molecular formula is C17H21N3O2. The highest BCUT2D eigenvalue weighted by Crippen LogP contribution is 2.15. The van der Waals surface area contributed by atoms with Gasteiger partial charge in [0.1, 0.15) is 0 Å². The van der Waals surface area contributed by atoms with Gasteiger partial charge in [-0.2, -0.15) is 0 Å². The number of nitrogens with one attached hydrogen (secondary N) is 2. The molecule has 0 saturated heterocycles. The lowest BCUT2D eigenvalue weighted by Crippen LogP contribution is -2.38. The highest BCUT2D eigenvalue weighted by molar-refractivity contribution is 5.73. The number of hydrogen-bond acceptors (Lipinski definition) is 3. The summed E-state index contributed by atoms with van der Waals surface area (Å²) in [5.41, 5.74) is 2.77. The van der Waals surface area contributed by atoms with E-state index >= 15 is 0 Å². The van der Waals surface area contributed by atoms with Gasteiger partial charge in [0.15, 0.2) is 0 Å². The molecule has 22 heavy (non-hydrogen) atoms. The van der Waals surface area contributed by atoms with Gasteiger partial charge in [0.25, 0.3) is 0 Å². The van der Waals surface area contributed by atoms with E-state index in [1.54, 1.807) is 6.20 Å². The second kappa shape index (κ2) is 8.14. The van der Waals surface area contributed by atoms with Crippen LogP contribution in [0.1, 0.15) is 22.9 Å². The molecule has 2 rings (SSSR count). The number of urea groups is 1. The summed E-state index contributed by atoms with van der Waals surface area (Å²) in [5.74, 6) is 0. The van der Waals surface area contributed by atoms with E-state index in [1.807, 2.05) is 49.4 Å². The number of nitrogens with zero attached hydrogens (tertiary/aromatic N) is 1. The number of hydrogen-bond donors (Lipinski definition) is 3. The monoisotopic (exact) mass is 299 g/mol. The summed E-state index contributed by atoms with van der Waals surface area (Å²) in [6, 6.07) is 13.0. The summed E-state index contributed by atoms with van der Waals surface area (Å²) in [5, 5.41) is 15.5. The summed E-state index contributed by atoms with van der Waals surface area (Å²) < 4.78 is 0. The molecule has 1 atom stereocenters. The van der Waals surface area contributed by atoms with Gasteiger partial charge in [-0.05, 0) is 30.2 Å². The molecule has 1 aromatic carbocycles. The lowest BCUT2D eigenvalue weighted by Gasteiger charge is -2.15. The number of aromatic nitrogens is 1. The van der Waals surface area contributed by atoms with Crippen LogP contribution in [0.15, 0.2) is 48.7 Å². The number of pyridine rings is 1. The molecule has 1 unspecified atom stereocenters. The van der Waals surface area contributed by atoms with E-state index in [9.17, 15) is 9.90 Å². The van der Waals surface area contributed by atoms with Gasteiger partial charge in [0, 0.05) is 31.4 Å². The molecule has 0 aliphatic carbocycles. The van der Waals surface area contributed by atoms with Crippen molar-refractivity contribution in [3.05, 3.63) is 65.5 Å². The summed E-state index contributed by atoms with van der Waals surface area (Å²) in [6.45, 7) is 2.62. The molecule has 116 valence electrons. The van der Waals surface area contributed by atoms with Crippen LogP contribution in [0.3, 0.4) is 0 Å². The standard InChI is InChI=1S/C17H21N3O2/c1-13-6-2-3-8-15(13)16(21)12-20-17(22)19-11-9-14-7-4-5-10-18-14/h2-8,10,16,21H,9,11-12H2,1H3,(H2,19,20,22). The van der Waals surface area contributed by atoms with Crippen molar-refractivity contribution in [1.29, 1.82) is 0 Å². The average Bonchev–Trinajstić information content (AvgIpc) is 2.54. The topological polar surface area (TPSA) is 74.2 Å². The van der Waals surface area contributed by atoms with Gasteiger partial charge < -0.3 is 15.7 Å². The van der Waals surface area contributed by atoms with Gasteiger partial charge in [0.05, 0.1) is 6.10 Å². The van der Waals surface area contributed by atoms with E-state index in [0.29, 0.717) is 13.0 Å². The van der Waals surface area contributed by atoms with Crippen LogP contribution < -0.4 is 10.6 Å². The first-order valence-electron chi connectivity index (χ1n) is 7.32. The highest BCUT2D eigenvalue weighted by atomic mass is 16.3. The zero-order valence-corrected chi connectivity index (χ0v) is 12.6. The Kier molecular flexibility index (Phi) is 5.91. The number of aliphatic hydroxyl groups excluding tert-OH is 1. The molecule has 0 saturated carbocycles. The summed E-state index contributed by atoms with van der Waals surface area (Å²) in [6.07, 6.45) is 1.70. The number of amides is 2. The maximum atomic E-state index is 11.7. The molecule has 1 aromatic heterocycles. The van der Waals surface area contributed by atoms with Crippen LogP contribution in [-0.4, -0.2) is 29.2 Å². The predicted octanol–water partition coefficient (Wildman–Crippen LogP) is 1.97. The van der Waals surface area contributed by atoms with Crippen molar-refractivity contribution in [2.75, 3.05) is 13.1 Å². The Labute approximate surface area is 130 Å². The Hall–Kier alpha value is -2.40. The fourth-order valence-electron chi connectivity index (χ4n) is 2.17. The second-order valence-corrected chi connectivity index (χ2v) is 5.08. The molecular weight excluding hydrogens is 278 g/mol. The minimum absolute atomic E-state index is 0.181. The lowest BCUT2D eigenvalue weighted by molar-refractivity contribution is 0.172. The molecule has 0 fully saturated rings. The first kappa shape index (κ1) is 16.0. The fraction of sp³-hybridized carbons (Fsp3) is 0.294. The SMILES string of the molecule is Cc1ccccc1C(O)CNC(=O)NCCc1ccccn1. The molecule has 0 bridgehead atoms. The van der Waals surface area contributed by atoms with Crippen molar-refractivity contribution in [2.45, 2.75) is 19.4 Å². The van der Waals surface area contributed by atoms with E-state index in [-0.39, 0.29) is 12.6 Å². The molecule has 5 nitrogen and oxygen atoms in total. The van der Waals surface area contributed by atoms with Gasteiger partial charge in [-0.15, -0.1) is 0 Å². The average molecular weight is 299 g/mol. The molecule has 3 N–H and O–H groups in total. The Morgan fingerprint density at radius 1 is 1.18 bits per heavy atom. The predicted molar refractivity (Wildman–Crippen MR) is 85.5 cm³/mol. The summed E-state index contributed by atoms with van der Waals surface area (Å²) in [7, 11) is 0. The number of benzene rings is 1. The Morgan fingerprint density at radius 3 is 2.68 bits per heavy atom. The molecule has 0 aliphatic rings. The van der Waals surface area contributed by atoms with Gasteiger partial charge in [-0.25, -0.2) is 4.79 Å². The third kappa shape index (κ3) is 4.86. The summed E-state index contributed by atoms with van der Waals surface area (Å²) >= 11 is 0. The van der Waals surface area contributed by atoms with Crippen LogP contribution in [0.5, 0.6) is 0 Å². The Balaban J connectivity index is 1.70.